The number of piperazine rings is 1. The molecule has 0 N–H and O–H groups in total. The minimum Gasteiger partial charge on any atom is -0.495 e. The van der Waals surface area contributed by atoms with Crippen LogP contribution in [0.2, 0.25) is 0 Å². The molecule has 1 fully saturated rings. The van der Waals surface area contributed by atoms with E-state index in [-0.39, 0.29) is 0 Å². The Balaban J connectivity index is 2.06. The zero-order chi connectivity index (χ0) is 13.0. The average Bonchev–Trinajstić information content (AvgIpc) is 2.40. The molecule has 1 aromatic rings. The molecule has 1 saturated heterocycles. The number of nitrogens with zero attached hydrogens (tertiary/aromatic N) is 2. The minimum atomic E-state index is 0.716. The molecule has 0 amide bonds. The molecule has 18 heavy (non-hydrogen) atoms. The number of benzene rings is 1. The summed E-state index contributed by atoms with van der Waals surface area (Å²) in [5, 5.41) is 0. The molecule has 0 aliphatic carbocycles. The van der Waals surface area contributed by atoms with Crippen LogP contribution in [0.3, 0.4) is 0 Å². The first-order valence-corrected chi connectivity index (χ1v) is 6.96. The largest absolute Gasteiger partial charge is 0.495 e. The van der Waals surface area contributed by atoms with Crippen LogP contribution in [0.1, 0.15) is 5.56 Å². The Morgan fingerprint density at radius 3 is 2.56 bits per heavy atom. The molecule has 1 heterocycles. The fourth-order valence-electron chi connectivity index (χ4n) is 2.38. The van der Waals surface area contributed by atoms with E-state index < -0.39 is 0 Å². The molecule has 3 nitrogen and oxygen atoms in total. The highest BCUT2D eigenvalue weighted by molar-refractivity contribution is 6.18. The standard InChI is InChI=1S/C14H21ClN2O/c1-12-3-4-14(18-2)13(11-12)17-9-7-16(6-5-15)8-10-17/h3-4,11H,5-10H2,1-2H3. The molecular weight excluding hydrogens is 248 g/mol. The Morgan fingerprint density at radius 1 is 1.22 bits per heavy atom. The normalized spacial score (nSPS) is 16.9. The third-order valence-electron chi connectivity index (χ3n) is 3.45. The highest BCUT2D eigenvalue weighted by atomic mass is 35.5. The monoisotopic (exact) mass is 268 g/mol. The van der Waals surface area contributed by atoms with Gasteiger partial charge in [-0.15, -0.1) is 11.6 Å². The van der Waals surface area contributed by atoms with Crippen molar-refractivity contribution in [3.05, 3.63) is 23.8 Å². The van der Waals surface area contributed by atoms with Gasteiger partial charge in [-0.1, -0.05) is 6.07 Å². The molecule has 2 rings (SSSR count). The Bertz CT molecular complexity index is 389. The number of anilines is 1. The van der Waals surface area contributed by atoms with Crippen molar-refractivity contribution < 1.29 is 4.74 Å². The van der Waals surface area contributed by atoms with Crippen LogP contribution in [-0.2, 0) is 0 Å². The molecule has 1 aromatic carbocycles. The maximum Gasteiger partial charge on any atom is 0.142 e. The summed E-state index contributed by atoms with van der Waals surface area (Å²) in [6, 6.07) is 6.35. The van der Waals surface area contributed by atoms with E-state index in [2.05, 4.69) is 34.9 Å². The lowest BCUT2D eigenvalue weighted by atomic mass is 10.1. The zero-order valence-corrected chi connectivity index (χ0v) is 11.9. The van der Waals surface area contributed by atoms with Gasteiger partial charge in [0.1, 0.15) is 5.75 Å². The second kappa shape index (κ2) is 6.30. The van der Waals surface area contributed by atoms with E-state index in [1.165, 1.54) is 11.3 Å². The van der Waals surface area contributed by atoms with Gasteiger partial charge in [0.15, 0.2) is 0 Å². The number of aryl methyl sites for hydroxylation is 1. The van der Waals surface area contributed by atoms with E-state index in [1.807, 2.05) is 0 Å². The van der Waals surface area contributed by atoms with Crippen LogP contribution in [0.5, 0.6) is 5.75 Å². The van der Waals surface area contributed by atoms with Crippen LogP contribution in [0.15, 0.2) is 18.2 Å². The fraction of sp³-hybridized carbons (Fsp3) is 0.571. The number of ether oxygens (including phenoxy) is 1. The van der Waals surface area contributed by atoms with Crippen molar-refractivity contribution in [3.8, 4) is 5.75 Å². The molecule has 1 aliphatic rings. The molecule has 1 aliphatic heterocycles. The summed E-state index contributed by atoms with van der Waals surface area (Å²) in [5.41, 5.74) is 2.48. The van der Waals surface area contributed by atoms with E-state index in [0.29, 0.717) is 5.88 Å². The van der Waals surface area contributed by atoms with E-state index in [1.54, 1.807) is 7.11 Å². The zero-order valence-electron chi connectivity index (χ0n) is 11.2. The van der Waals surface area contributed by atoms with Gasteiger partial charge in [-0.2, -0.15) is 0 Å². The number of halogens is 1. The predicted molar refractivity (Wildman–Crippen MR) is 77.1 cm³/mol. The molecule has 0 saturated carbocycles. The number of rotatable bonds is 4. The van der Waals surface area contributed by atoms with Crippen LogP contribution in [0.25, 0.3) is 0 Å². The fourth-order valence-corrected chi connectivity index (χ4v) is 2.62. The highest BCUT2D eigenvalue weighted by Crippen LogP contribution is 2.29. The van der Waals surface area contributed by atoms with E-state index in [9.17, 15) is 0 Å². The molecule has 100 valence electrons. The SMILES string of the molecule is COc1ccc(C)cc1N1CCN(CCCl)CC1. The summed E-state index contributed by atoms with van der Waals surface area (Å²) in [4.78, 5) is 4.81. The summed E-state index contributed by atoms with van der Waals surface area (Å²) >= 11 is 5.78. The number of methoxy groups -OCH3 is 1. The Hall–Kier alpha value is -0.930. The van der Waals surface area contributed by atoms with Gasteiger partial charge in [0.25, 0.3) is 0 Å². The maximum absolute atomic E-state index is 5.78. The summed E-state index contributed by atoms with van der Waals surface area (Å²) in [6.07, 6.45) is 0. The molecule has 0 bridgehead atoms. The van der Waals surface area contributed by atoms with Crippen LogP contribution in [-0.4, -0.2) is 50.6 Å². The van der Waals surface area contributed by atoms with Gasteiger partial charge in [-0.05, 0) is 24.6 Å². The number of hydrogen-bond acceptors (Lipinski definition) is 3. The summed E-state index contributed by atoms with van der Waals surface area (Å²) in [5.74, 6) is 1.68. The summed E-state index contributed by atoms with van der Waals surface area (Å²) in [7, 11) is 1.73. The molecule has 0 radical (unpaired) electrons. The highest BCUT2D eigenvalue weighted by Gasteiger charge is 2.19. The van der Waals surface area contributed by atoms with Gasteiger partial charge in [0.2, 0.25) is 0 Å². The first-order valence-electron chi connectivity index (χ1n) is 6.42. The van der Waals surface area contributed by atoms with Crippen molar-refractivity contribution in [1.82, 2.24) is 4.90 Å². The summed E-state index contributed by atoms with van der Waals surface area (Å²) < 4.78 is 5.45. The van der Waals surface area contributed by atoms with Gasteiger partial charge in [-0.25, -0.2) is 0 Å². The van der Waals surface area contributed by atoms with Crippen molar-refractivity contribution in [2.75, 3.05) is 50.6 Å². The van der Waals surface area contributed by atoms with Crippen LogP contribution in [0.4, 0.5) is 5.69 Å². The van der Waals surface area contributed by atoms with Crippen LogP contribution in [0, 0.1) is 6.92 Å². The lowest BCUT2D eigenvalue weighted by Crippen LogP contribution is -2.47. The molecule has 0 spiro atoms. The quantitative estimate of drug-likeness (QED) is 0.780. The maximum atomic E-state index is 5.78. The molecule has 0 atom stereocenters. The minimum absolute atomic E-state index is 0.716. The van der Waals surface area contributed by atoms with Gasteiger partial charge < -0.3 is 9.64 Å². The van der Waals surface area contributed by atoms with Gasteiger partial charge in [0.05, 0.1) is 12.8 Å². The Morgan fingerprint density at radius 2 is 1.94 bits per heavy atom. The second-order valence-electron chi connectivity index (χ2n) is 4.69. The predicted octanol–water partition coefficient (Wildman–Crippen LogP) is 2.36. The van der Waals surface area contributed by atoms with E-state index in [4.69, 9.17) is 16.3 Å². The van der Waals surface area contributed by atoms with Crippen LogP contribution < -0.4 is 9.64 Å². The van der Waals surface area contributed by atoms with Crippen molar-refractivity contribution >= 4 is 17.3 Å². The van der Waals surface area contributed by atoms with Crippen molar-refractivity contribution in [2.24, 2.45) is 0 Å². The molecule has 0 aromatic heterocycles. The van der Waals surface area contributed by atoms with Crippen molar-refractivity contribution in [1.29, 1.82) is 0 Å². The van der Waals surface area contributed by atoms with Crippen molar-refractivity contribution in [3.63, 3.8) is 0 Å². The Labute approximate surface area is 114 Å². The van der Waals surface area contributed by atoms with Crippen LogP contribution >= 0.6 is 11.6 Å². The Kier molecular flexibility index (Phi) is 4.72. The summed E-state index contributed by atoms with van der Waals surface area (Å²) in [6.45, 7) is 7.33. The number of hydrogen-bond donors (Lipinski definition) is 0. The third kappa shape index (κ3) is 3.09. The smallest absolute Gasteiger partial charge is 0.142 e. The van der Waals surface area contributed by atoms with Crippen molar-refractivity contribution in [2.45, 2.75) is 6.92 Å². The van der Waals surface area contributed by atoms with Gasteiger partial charge >= 0.3 is 0 Å². The van der Waals surface area contributed by atoms with Gasteiger partial charge in [-0.3, -0.25) is 4.90 Å². The molecular formula is C14H21ClN2O. The third-order valence-corrected chi connectivity index (χ3v) is 3.62. The molecule has 4 heteroatoms. The lowest BCUT2D eigenvalue weighted by molar-refractivity contribution is 0.271. The second-order valence-corrected chi connectivity index (χ2v) is 5.07. The average molecular weight is 269 g/mol. The number of alkyl halides is 1. The van der Waals surface area contributed by atoms with E-state index in [0.717, 1.165) is 38.5 Å². The van der Waals surface area contributed by atoms with E-state index >= 15 is 0 Å². The first kappa shape index (κ1) is 13.5. The van der Waals surface area contributed by atoms with Gasteiger partial charge in [0, 0.05) is 38.6 Å². The topological polar surface area (TPSA) is 15.7 Å². The molecule has 0 unspecified atom stereocenters. The first-order chi connectivity index (χ1) is 8.74. The lowest BCUT2D eigenvalue weighted by Gasteiger charge is -2.36.